The molecule has 6 heteroatoms. The molecule has 1 fully saturated rings. The summed E-state index contributed by atoms with van der Waals surface area (Å²) in [4.78, 5) is 4.25. The minimum absolute atomic E-state index is 0.0688. The van der Waals surface area contributed by atoms with Crippen molar-refractivity contribution in [3.8, 4) is 11.5 Å². The van der Waals surface area contributed by atoms with Gasteiger partial charge in [-0.15, -0.1) is 0 Å². The maximum absolute atomic E-state index is 14.2. The van der Waals surface area contributed by atoms with Crippen molar-refractivity contribution in [2.45, 2.75) is 25.3 Å². The standard InChI is InChI=1S/C22H23N2O3P/c25-28(26-20-11-3-1-4-12-20,27-21-13-5-2-6-14-21)24-17-8-7-15-22(24)19-10-9-16-23-18-19/h1-6,9-14,16,18,22H,7-8,15,17H2/t22-/m0/s1. The molecule has 0 saturated carbocycles. The van der Waals surface area contributed by atoms with Crippen molar-refractivity contribution in [2.75, 3.05) is 6.54 Å². The van der Waals surface area contributed by atoms with Crippen molar-refractivity contribution < 1.29 is 13.6 Å². The number of hydrogen-bond donors (Lipinski definition) is 0. The summed E-state index contributed by atoms with van der Waals surface area (Å²) < 4.78 is 28.1. The Morgan fingerprint density at radius 1 is 0.857 bits per heavy atom. The van der Waals surface area contributed by atoms with Crippen LogP contribution in [-0.2, 0) is 4.57 Å². The second kappa shape index (κ2) is 8.59. The Labute approximate surface area is 165 Å². The summed E-state index contributed by atoms with van der Waals surface area (Å²) in [6.07, 6.45) is 6.46. The summed E-state index contributed by atoms with van der Waals surface area (Å²) in [6, 6.07) is 22.3. The smallest absolute Gasteiger partial charge is 0.404 e. The fourth-order valence-electron chi connectivity index (χ4n) is 3.47. The molecule has 3 aromatic rings. The number of nitrogens with zero attached hydrogens (tertiary/aromatic N) is 2. The van der Waals surface area contributed by atoms with E-state index in [1.807, 2.05) is 59.4 Å². The molecule has 0 N–H and O–H groups in total. The molecule has 1 atom stereocenters. The lowest BCUT2D eigenvalue weighted by Crippen LogP contribution is -2.34. The van der Waals surface area contributed by atoms with Gasteiger partial charge in [-0.2, -0.15) is 4.67 Å². The number of pyridine rings is 1. The van der Waals surface area contributed by atoms with E-state index in [1.165, 1.54) is 0 Å². The number of benzene rings is 2. The van der Waals surface area contributed by atoms with Crippen LogP contribution in [0.3, 0.4) is 0 Å². The summed E-state index contributed by atoms with van der Waals surface area (Å²) in [6.45, 7) is 0.635. The van der Waals surface area contributed by atoms with Crippen LogP contribution < -0.4 is 9.05 Å². The van der Waals surface area contributed by atoms with E-state index in [1.54, 1.807) is 30.5 Å². The van der Waals surface area contributed by atoms with E-state index in [0.29, 0.717) is 18.0 Å². The van der Waals surface area contributed by atoms with Gasteiger partial charge in [-0.05, 0) is 48.7 Å². The second-order valence-electron chi connectivity index (χ2n) is 6.74. The molecule has 28 heavy (non-hydrogen) atoms. The minimum atomic E-state index is -3.65. The van der Waals surface area contributed by atoms with Gasteiger partial charge in [-0.25, -0.2) is 4.57 Å². The topological polar surface area (TPSA) is 51.7 Å². The highest BCUT2D eigenvalue weighted by atomic mass is 31.2. The molecule has 1 aliphatic heterocycles. The number of aromatic nitrogens is 1. The first-order chi connectivity index (χ1) is 13.7. The molecule has 1 aromatic heterocycles. The van der Waals surface area contributed by atoms with Crippen LogP contribution in [0, 0.1) is 0 Å². The predicted molar refractivity (Wildman–Crippen MR) is 109 cm³/mol. The van der Waals surface area contributed by atoms with Gasteiger partial charge < -0.3 is 9.05 Å². The third-order valence-electron chi connectivity index (χ3n) is 4.79. The Bertz CT molecular complexity index is 877. The minimum Gasteiger partial charge on any atom is -0.404 e. The largest absolute Gasteiger partial charge is 0.516 e. The van der Waals surface area contributed by atoms with Crippen LogP contribution >= 0.6 is 7.75 Å². The van der Waals surface area contributed by atoms with E-state index < -0.39 is 7.75 Å². The first-order valence-corrected chi connectivity index (χ1v) is 11.0. The quantitative estimate of drug-likeness (QED) is 0.489. The van der Waals surface area contributed by atoms with Crippen LogP contribution in [0.1, 0.15) is 30.9 Å². The summed E-state index contributed by atoms with van der Waals surface area (Å²) in [7, 11) is -3.65. The predicted octanol–water partition coefficient (Wildman–Crippen LogP) is 5.87. The normalized spacial score (nSPS) is 17.8. The molecule has 0 bridgehead atoms. The molecule has 0 radical (unpaired) electrons. The van der Waals surface area contributed by atoms with Gasteiger partial charge in [-0.3, -0.25) is 4.98 Å². The van der Waals surface area contributed by atoms with Crippen LogP contribution in [0.25, 0.3) is 0 Å². The van der Waals surface area contributed by atoms with Gasteiger partial charge in [0.05, 0.1) is 0 Å². The molecule has 1 saturated heterocycles. The highest BCUT2D eigenvalue weighted by Gasteiger charge is 2.43. The molecule has 0 unspecified atom stereocenters. The number of rotatable bonds is 6. The molecule has 5 nitrogen and oxygen atoms in total. The molecular weight excluding hydrogens is 371 g/mol. The third-order valence-corrected chi connectivity index (χ3v) is 6.78. The molecule has 2 aromatic carbocycles. The highest BCUT2D eigenvalue weighted by molar-refractivity contribution is 7.52. The Balaban J connectivity index is 1.71. The van der Waals surface area contributed by atoms with Gasteiger partial charge in [0.15, 0.2) is 0 Å². The maximum Gasteiger partial charge on any atom is 0.516 e. The molecule has 0 amide bonds. The van der Waals surface area contributed by atoms with Crippen molar-refractivity contribution in [1.29, 1.82) is 0 Å². The van der Waals surface area contributed by atoms with Crippen molar-refractivity contribution in [1.82, 2.24) is 9.65 Å². The van der Waals surface area contributed by atoms with E-state index in [9.17, 15) is 4.57 Å². The molecular formula is C22H23N2O3P. The Morgan fingerprint density at radius 3 is 2.07 bits per heavy atom. The van der Waals surface area contributed by atoms with Crippen LogP contribution in [0.5, 0.6) is 11.5 Å². The van der Waals surface area contributed by atoms with Gasteiger partial charge in [0.1, 0.15) is 11.5 Å². The summed E-state index contributed by atoms with van der Waals surface area (Å²) in [5.41, 5.74) is 1.02. The van der Waals surface area contributed by atoms with Crippen LogP contribution in [-0.4, -0.2) is 16.2 Å². The Kier molecular flexibility index (Phi) is 5.75. The third kappa shape index (κ3) is 4.27. The van der Waals surface area contributed by atoms with E-state index in [2.05, 4.69) is 4.98 Å². The first-order valence-electron chi connectivity index (χ1n) is 9.51. The zero-order valence-corrected chi connectivity index (χ0v) is 16.4. The lowest BCUT2D eigenvalue weighted by Gasteiger charge is -2.38. The maximum atomic E-state index is 14.2. The monoisotopic (exact) mass is 394 g/mol. The average molecular weight is 394 g/mol. The molecule has 2 heterocycles. The molecule has 1 aliphatic rings. The summed E-state index contributed by atoms with van der Waals surface area (Å²) in [5, 5.41) is 0. The van der Waals surface area contributed by atoms with Crippen LogP contribution in [0.15, 0.2) is 85.2 Å². The number of piperidine rings is 1. The lowest BCUT2D eigenvalue weighted by molar-refractivity contribution is 0.197. The van der Waals surface area contributed by atoms with Crippen molar-refractivity contribution in [3.05, 3.63) is 90.8 Å². The molecule has 144 valence electrons. The Hall–Kier alpha value is -2.62. The van der Waals surface area contributed by atoms with Crippen LogP contribution in [0.2, 0.25) is 0 Å². The second-order valence-corrected chi connectivity index (χ2v) is 8.55. The molecule has 0 aliphatic carbocycles. The van der Waals surface area contributed by atoms with E-state index in [4.69, 9.17) is 9.05 Å². The van der Waals surface area contributed by atoms with Gasteiger partial charge in [0.25, 0.3) is 0 Å². The van der Waals surface area contributed by atoms with Gasteiger partial charge >= 0.3 is 7.75 Å². The lowest BCUT2D eigenvalue weighted by atomic mass is 9.99. The zero-order valence-electron chi connectivity index (χ0n) is 15.6. The van der Waals surface area contributed by atoms with Gasteiger partial charge in [0, 0.05) is 25.0 Å². The van der Waals surface area contributed by atoms with E-state index in [-0.39, 0.29) is 6.04 Å². The average Bonchev–Trinajstić information content (AvgIpc) is 2.76. The fraction of sp³-hybridized carbons (Fsp3) is 0.227. The first kappa shape index (κ1) is 18.7. The molecule has 4 rings (SSSR count). The van der Waals surface area contributed by atoms with Crippen LogP contribution in [0.4, 0.5) is 0 Å². The highest BCUT2D eigenvalue weighted by Crippen LogP contribution is 2.57. The SMILES string of the molecule is O=P(Oc1ccccc1)(Oc1ccccc1)N1CCCC[C@H]1c1cccnc1. The van der Waals surface area contributed by atoms with Gasteiger partial charge in [-0.1, -0.05) is 48.9 Å². The summed E-state index contributed by atoms with van der Waals surface area (Å²) in [5.74, 6) is 1.05. The van der Waals surface area contributed by atoms with E-state index in [0.717, 1.165) is 24.8 Å². The van der Waals surface area contributed by atoms with Crippen molar-refractivity contribution in [2.24, 2.45) is 0 Å². The number of para-hydroxylation sites is 2. The Morgan fingerprint density at radius 2 is 1.50 bits per heavy atom. The van der Waals surface area contributed by atoms with Gasteiger partial charge in [0.2, 0.25) is 0 Å². The zero-order chi connectivity index (χ0) is 19.2. The summed E-state index contributed by atoms with van der Waals surface area (Å²) >= 11 is 0. The van der Waals surface area contributed by atoms with Crippen molar-refractivity contribution in [3.63, 3.8) is 0 Å². The van der Waals surface area contributed by atoms with Crippen molar-refractivity contribution >= 4 is 7.75 Å². The van der Waals surface area contributed by atoms with E-state index >= 15 is 0 Å². The molecule has 0 spiro atoms. The fourth-order valence-corrected chi connectivity index (χ4v) is 5.47. The number of hydrogen-bond acceptors (Lipinski definition) is 4.